The topological polar surface area (TPSA) is 52.4 Å². The molecule has 144 valence electrons. The van der Waals surface area contributed by atoms with Crippen molar-refractivity contribution in [3.8, 4) is 0 Å². The molecule has 0 aromatic carbocycles. The van der Waals surface area contributed by atoms with E-state index in [2.05, 4.69) is 22.3 Å². The molecule has 2 aliphatic rings. The lowest BCUT2D eigenvalue weighted by atomic mass is 9.87. The van der Waals surface area contributed by atoms with Crippen LogP contribution in [0.3, 0.4) is 0 Å². The second-order valence-corrected chi connectivity index (χ2v) is 8.56. The number of piperidine rings is 1. The van der Waals surface area contributed by atoms with Crippen molar-refractivity contribution in [3.05, 3.63) is 17.6 Å². The van der Waals surface area contributed by atoms with Gasteiger partial charge in [0.1, 0.15) is 11.4 Å². The zero-order valence-electron chi connectivity index (χ0n) is 16.5. The standard InChI is InChI=1S/C18H30BFN4O2/c1-17(2)18(3,4)26-19(25-17)16(20)12-15-13-24(22-21-15)11-8-14-6-9-23(5)10-7-14/h12-14H,6-11H2,1-5H3. The Morgan fingerprint density at radius 2 is 1.88 bits per heavy atom. The number of aryl methyl sites for hydroxylation is 1. The van der Waals surface area contributed by atoms with Crippen LogP contribution in [0.5, 0.6) is 0 Å². The van der Waals surface area contributed by atoms with Crippen LogP contribution in [0.1, 0.15) is 52.7 Å². The van der Waals surface area contributed by atoms with E-state index >= 15 is 0 Å². The van der Waals surface area contributed by atoms with Crippen LogP contribution < -0.4 is 0 Å². The molecule has 0 atom stereocenters. The zero-order valence-corrected chi connectivity index (χ0v) is 16.5. The summed E-state index contributed by atoms with van der Waals surface area (Å²) in [4.78, 5) is 2.37. The molecule has 0 N–H and O–H groups in total. The van der Waals surface area contributed by atoms with Gasteiger partial charge in [-0.1, -0.05) is 5.21 Å². The van der Waals surface area contributed by atoms with E-state index in [1.165, 1.54) is 18.9 Å². The highest BCUT2D eigenvalue weighted by atomic mass is 19.1. The third-order valence-electron chi connectivity index (χ3n) is 5.93. The first-order chi connectivity index (χ1) is 12.2. The third kappa shape index (κ3) is 4.35. The van der Waals surface area contributed by atoms with Gasteiger partial charge in [0.15, 0.2) is 0 Å². The molecule has 2 fully saturated rings. The normalized spacial score (nSPS) is 24.4. The molecule has 1 aromatic heterocycles. The maximum Gasteiger partial charge on any atom is 0.525 e. The van der Waals surface area contributed by atoms with Crippen molar-refractivity contribution in [1.82, 2.24) is 19.9 Å². The first-order valence-corrected chi connectivity index (χ1v) is 9.48. The highest BCUT2D eigenvalue weighted by Gasteiger charge is 2.53. The fraction of sp³-hybridized carbons (Fsp3) is 0.778. The number of rotatable bonds is 5. The van der Waals surface area contributed by atoms with Gasteiger partial charge in [0.25, 0.3) is 0 Å². The predicted molar refractivity (Wildman–Crippen MR) is 100 cm³/mol. The fourth-order valence-corrected chi connectivity index (χ4v) is 3.32. The first kappa shape index (κ1) is 19.5. The van der Waals surface area contributed by atoms with Gasteiger partial charge in [-0.15, -0.1) is 5.10 Å². The molecule has 6 nitrogen and oxygen atoms in total. The summed E-state index contributed by atoms with van der Waals surface area (Å²) in [6.45, 7) is 10.7. The third-order valence-corrected chi connectivity index (χ3v) is 5.93. The predicted octanol–water partition coefficient (Wildman–Crippen LogP) is 2.95. The summed E-state index contributed by atoms with van der Waals surface area (Å²) in [6, 6.07) is 0. The molecule has 0 radical (unpaired) electrons. The molecule has 0 bridgehead atoms. The van der Waals surface area contributed by atoms with Crippen LogP contribution in [0.25, 0.3) is 6.08 Å². The molecule has 0 spiro atoms. The molecule has 2 aliphatic heterocycles. The molecule has 3 rings (SSSR count). The summed E-state index contributed by atoms with van der Waals surface area (Å²) in [5.74, 6) is 0.732. The smallest absolute Gasteiger partial charge is 0.398 e. The van der Waals surface area contributed by atoms with Crippen molar-refractivity contribution in [2.75, 3.05) is 20.1 Å². The zero-order chi connectivity index (χ0) is 18.9. The quantitative estimate of drug-likeness (QED) is 0.752. The second kappa shape index (κ2) is 7.41. The average molecular weight is 364 g/mol. The number of hydrogen-bond acceptors (Lipinski definition) is 5. The van der Waals surface area contributed by atoms with Crippen LogP contribution in [0.2, 0.25) is 0 Å². The summed E-state index contributed by atoms with van der Waals surface area (Å²) < 4.78 is 27.8. The van der Waals surface area contributed by atoms with Crippen LogP contribution in [0.15, 0.2) is 11.9 Å². The van der Waals surface area contributed by atoms with E-state index in [4.69, 9.17) is 9.31 Å². The molecular formula is C18H30BFN4O2. The van der Waals surface area contributed by atoms with E-state index in [1.807, 2.05) is 27.7 Å². The van der Waals surface area contributed by atoms with Gasteiger partial charge < -0.3 is 14.2 Å². The Bertz CT molecular complexity index is 637. The number of likely N-dealkylation sites (tertiary alicyclic amines) is 1. The summed E-state index contributed by atoms with van der Waals surface area (Å²) in [5, 5.41) is 8.17. The Morgan fingerprint density at radius 1 is 1.27 bits per heavy atom. The Kier molecular flexibility index (Phi) is 5.56. The molecule has 0 unspecified atom stereocenters. The van der Waals surface area contributed by atoms with Crippen LogP contribution in [-0.2, 0) is 15.9 Å². The minimum atomic E-state index is -0.996. The maximum absolute atomic E-state index is 14.5. The molecular weight excluding hydrogens is 334 g/mol. The fourth-order valence-electron chi connectivity index (χ4n) is 3.32. The van der Waals surface area contributed by atoms with Crippen molar-refractivity contribution in [2.24, 2.45) is 5.92 Å². The van der Waals surface area contributed by atoms with Crippen molar-refractivity contribution >= 4 is 13.2 Å². The summed E-state index contributed by atoms with van der Waals surface area (Å²) >= 11 is 0. The summed E-state index contributed by atoms with van der Waals surface area (Å²) in [7, 11) is 1.17. The van der Waals surface area contributed by atoms with Gasteiger partial charge >= 0.3 is 7.12 Å². The molecule has 1 aromatic rings. The van der Waals surface area contributed by atoms with E-state index in [1.54, 1.807) is 10.9 Å². The van der Waals surface area contributed by atoms with Gasteiger partial charge in [0, 0.05) is 6.54 Å². The molecule has 0 aliphatic carbocycles. The van der Waals surface area contributed by atoms with Crippen molar-refractivity contribution in [3.63, 3.8) is 0 Å². The monoisotopic (exact) mass is 364 g/mol. The van der Waals surface area contributed by atoms with Gasteiger partial charge in [0.2, 0.25) is 0 Å². The molecule has 26 heavy (non-hydrogen) atoms. The average Bonchev–Trinajstić information content (AvgIpc) is 3.08. The Morgan fingerprint density at radius 3 is 2.50 bits per heavy atom. The van der Waals surface area contributed by atoms with E-state index < -0.39 is 24.0 Å². The minimum Gasteiger partial charge on any atom is -0.398 e. The Labute approximate surface area is 155 Å². The van der Waals surface area contributed by atoms with Gasteiger partial charge in [-0.2, -0.15) is 0 Å². The van der Waals surface area contributed by atoms with Gasteiger partial charge in [-0.25, -0.2) is 4.39 Å². The summed E-state index contributed by atoms with van der Waals surface area (Å²) in [6.07, 6.45) is 6.67. The van der Waals surface area contributed by atoms with Crippen LogP contribution in [0, 0.1) is 5.92 Å². The lowest BCUT2D eigenvalue weighted by Gasteiger charge is -2.32. The van der Waals surface area contributed by atoms with E-state index in [9.17, 15) is 4.39 Å². The highest BCUT2D eigenvalue weighted by Crippen LogP contribution is 2.38. The number of halogens is 1. The Hall–Kier alpha value is -1.25. The van der Waals surface area contributed by atoms with Gasteiger partial charge in [0.05, 0.1) is 17.4 Å². The van der Waals surface area contributed by atoms with Crippen molar-refractivity contribution in [1.29, 1.82) is 0 Å². The number of hydrogen-bond donors (Lipinski definition) is 0. The van der Waals surface area contributed by atoms with Gasteiger partial charge in [-0.05, 0) is 79.1 Å². The van der Waals surface area contributed by atoms with Crippen LogP contribution in [0.4, 0.5) is 4.39 Å². The molecule has 8 heteroatoms. The maximum atomic E-state index is 14.5. The second-order valence-electron chi connectivity index (χ2n) is 8.56. The largest absolute Gasteiger partial charge is 0.525 e. The molecule has 2 saturated heterocycles. The van der Waals surface area contributed by atoms with Crippen LogP contribution in [-0.4, -0.2) is 58.4 Å². The lowest BCUT2D eigenvalue weighted by Crippen LogP contribution is -2.41. The summed E-state index contributed by atoms with van der Waals surface area (Å²) in [5.41, 5.74) is -1.12. The lowest BCUT2D eigenvalue weighted by molar-refractivity contribution is 0.00578. The Balaban J connectivity index is 1.55. The number of aromatic nitrogens is 3. The minimum absolute atomic E-state index is 0.481. The van der Waals surface area contributed by atoms with Gasteiger partial charge in [-0.3, -0.25) is 4.68 Å². The number of nitrogens with zero attached hydrogens (tertiary/aromatic N) is 4. The van der Waals surface area contributed by atoms with E-state index in [-0.39, 0.29) is 0 Å². The molecule has 0 amide bonds. The van der Waals surface area contributed by atoms with Crippen LogP contribution >= 0.6 is 0 Å². The van der Waals surface area contributed by atoms with E-state index in [0.717, 1.165) is 32.0 Å². The molecule has 3 heterocycles. The van der Waals surface area contributed by atoms with Crippen molar-refractivity contribution in [2.45, 2.75) is 64.7 Å². The first-order valence-electron chi connectivity index (χ1n) is 9.48. The molecule has 0 saturated carbocycles. The SMILES string of the molecule is CN1CCC(CCn2cc(C=C(F)B3OC(C)(C)C(C)(C)O3)nn2)CC1. The highest BCUT2D eigenvalue weighted by molar-refractivity contribution is 6.54. The van der Waals surface area contributed by atoms with Crippen molar-refractivity contribution < 1.29 is 13.7 Å². The van der Waals surface area contributed by atoms with E-state index in [0.29, 0.717) is 5.69 Å².